The van der Waals surface area contributed by atoms with Crippen LogP contribution in [0.3, 0.4) is 0 Å². The monoisotopic (exact) mass is 506 g/mol. The van der Waals surface area contributed by atoms with Crippen molar-refractivity contribution < 1.29 is 18.0 Å². The molecule has 0 saturated carbocycles. The van der Waals surface area contributed by atoms with E-state index in [1.54, 1.807) is 42.7 Å². The van der Waals surface area contributed by atoms with Gasteiger partial charge in [0.15, 0.2) is 0 Å². The van der Waals surface area contributed by atoms with Gasteiger partial charge in [0.25, 0.3) is 5.91 Å². The van der Waals surface area contributed by atoms with Crippen molar-refractivity contribution >= 4 is 27.5 Å². The number of para-hydroxylation sites is 1. The second kappa shape index (κ2) is 11.5. The maximum absolute atomic E-state index is 13.0. The first-order valence-electron chi connectivity index (χ1n) is 11.9. The Balaban J connectivity index is 1.34. The van der Waals surface area contributed by atoms with E-state index in [0.29, 0.717) is 43.7 Å². The summed E-state index contributed by atoms with van der Waals surface area (Å²) in [6, 6.07) is 18.0. The number of piperidine rings is 1. The van der Waals surface area contributed by atoms with Gasteiger partial charge in [0.05, 0.1) is 17.0 Å². The quantitative estimate of drug-likeness (QED) is 0.486. The van der Waals surface area contributed by atoms with Crippen LogP contribution in [0.1, 0.15) is 39.9 Å². The molecule has 0 unspecified atom stereocenters. The van der Waals surface area contributed by atoms with Crippen LogP contribution in [-0.2, 0) is 27.1 Å². The summed E-state index contributed by atoms with van der Waals surface area (Å²) in [5, 5.41) is 5.73. The van der Waals surface area contributed by atoms with Crippen LogP contribution in [0.25, 0.3) is 0 Å². The molecule has 1 aliphatic heterocycles. The molecule has 1 saturated heterocycles. The van der Waals surface area contributed by atoms with Crippen LogP contribution in [0, 0.1) is 12.8 Å². The van der Waals surface area contributed by atoms with Gasteiger partial charge in [0.2, 0.25) is 15.9 Å². The summed E-state index contributed by atoms with van der Waals surface area (Å²) in [5.41, 5.74) is 3.40. The van der Waals surface area contributed by atoms with E-state index in [1.807, 2.05) is 37.3 Å². The molecule has 0 bridgehead atoms. The third-order valence-electron chi connectivity index (χ3n) is 6.42. The molecule has 1 aromatic heterocycles. The fourth-order valence-electron chi connectivity index (χ4n) is 4.26. The third kappa shape index (κ3) is 6.35. The number of anilines is 1. The van der Waals surface area contributed by atoms with Gasteiger partial charge in [-0.2, -0.15) is 0 Å². The number of aryl methyl sites for hydroxylation is 1. The summed E-state index contributed by atoms with van der Waals surface area (Å²) in [5.74, 6) is -0.885. The largest absolute Gasteiger partial charge is 0.348 e. The van der Waals surface area contributed by atoms with Crippen molar-refractivity contribution in [2.75, 3.05) is 18.4 Å². The van der Waals surface area contributed by atoms with E-state index >= 15 is 0 Å². The predicted octanol–water partition coefficient (Wildman–Crippen LogP) is 3.50. The predicted molar refractivity (Wildman–Crippen MR) is 139 cm³/mol. The summed E-state index contributed by atoms with van der Waals surface area (Å²) < 4.78 is 27.3. The minimum Gasteiger partial charge on any atom is -0.348 e. The highest BCUT2D eigenvalue weighted by molar-refractivity contribution is 7.88. The number of nitrogens with zero attached hydrogens (tertiary/aromatic N) is 2. The Labute approximate surface area is 211 Å². The first-order valence-corrected chi connectivity index (χ1v) is 13.5. The molecule has 9 heteroatoms. The standard InChI is InChI=1S/C27H30N4O4S/c1-20-7-2-3-9-23(20)19-36(34,35)31-15-12-22(13-16-31)26(32)30-25-11-5-4-10-24(25)27(33)29-18-21-8-6-14-28-17-21/h2-11,14,17,22H,12-13,15-16,18-19H2,1H3,(H,29,33)(H,30,32). The molecule has 2 heterocycles. The number of pyridine rings is 1. The molecule has 36 heavy (non-hydrogen) atoms. The van der Waals surface area contributed by atoms with Crippen LogP contribution in [0.5, 0.6) is 0 Å². The summed E-state index contributed by atoms with van der Waals surface area (Å²) in [6.45, 7) is 2.81. The number of aromatic nitrogens is 1. The van der Waals surface area contributed by atoms with Crippen molar-refractivity contribution in [1.82, 2.24) is 14.6 Å². The first kappa shape index (κ1) is 25.5. The lowest BCUT2D eigenvalue weighted by atomic mass is 9.97. The van der Waals surface area contributed by atoms with Crippen molar-refractivity contribution in [2.45, 2.75) is 32.1 Å². The number of benzene rings is 2. The van der Waals surface area contributed by atoms with Gasteiger partial charge < -0.3 is 10.6 Å². The van der Waals surface area contributed by atoms with Crippen molar-refractivity contribution in [3.05, 3.63) is 95.3 Å². The zero-order valence-corrected chi connectivity index (χ0v) is 21.0. The minimum atomic E-state index is -3.47. The number of carbonyl (C=O) groups excluding carboxylic acids is 2. The maximum Gasteiger partial charge on any atom is 0.253 e. The van der Waals surface area contributed by atoms with Gasteiger partial charge in [-0.05, 0) is 54.7 Å². The highest BCUT2D eigenvalue weighted by Crippen LogP contribution is 2.25. The zero-order valence-electron chi connectivity index (χ0n) is 20.2. The highest BCUT2D eigenvalue weighted by atomic mass is 32.2. The van der Waals surface area contributed by atoms with E-state index in [-0.39, 0.29) is 23.5 Å². The lowest BCUT2D eigenvalue weighted by Gasteiger charge is -2.30. The Kier molecular flexibility index (Phi) is 8.12. The highest BCUT2D eigenvalue weighted by Gasteiger charge is 2.31. The molecule has 188 valence electrons. The Morgan fingerprint density at radius 3 is 2.44 bits per heavy atom. The molecule has 8 nitrogen and oxygen atoms in total. The van der Waals surface area contributed by atoms with E-state index in [9.17, 15) is 18.0 Å². The summed E-state index contributed by atoms with van der Waals surface area (Å²) >= 11 is 0. The van der Waals surface area contributed by atoms with Crippen LogP contribution in [-0.4, -0.2) is 42.6 Å². The average Bonchev–Trinajstić information content (AvgIpc) is 2.89. The second-order valence-electron chi connectivity index (χ2n) is 8.93. The van der Waals surface area contributed by atoms with Crippen molar-refractivity contribution in [3.63, 3.8) is 0 Å². The average molecular weight is 507 g/mol. The fraction of sp³-hybridized carbons (Fsp3) is 0.296. The van der Waals surface area contributed by atoms with Gasteiger partial charge in [0, 0.05) is 37.9 Å². The van der Waals surface area contributed by atoms with Crippen LogP contribution in [0.15, 0.2) is 73.1 Å². The van der Waals surface area contributed by atoms with Gasteiger partial charge in [-0.15, -0.1) is 0 Å². The molecule has 2 aromatic carbocycles. The third-order valence-corrected chi connectivity index (χ3v) is 8.25. The summed E-state index contributed by atoms with van der Waals surface area (Å²) in [4.78, 5) is 29.8. The lowest BCUT2D eigenvalue weighted by molar-refractivity contribution is -0.120. The summed E-state index contributed by atoms with van der Waals surface area (Å²) in [7, 11) is -3.47. The molecule has 0 radical (unpaired) electrons. The molecule has 2 amide bonds. The number of hydrogen-bond donors (Lipinski definition) is 2. The minimum absolute atomic E-state index is 0.0436. The summed E-state index contributed by atoms with van der Waals surface area (Å²) in [6.07, 6.45) is 4.20. The molecule has 1 aliphatic rings. The first-order chi connectivity index (χ1) is 17.3. The van der Waals surface area contributed by atoms with Gasteiger partial charge in [-0.3, -0.25) is 14.6 Å². The van der Waals surface area contributed by atoms with Crippen molar-refractivity contribution in [3.8, 4) is 0 Å². The van der Waals surface area contributed by atoms with Crippen LogP contribution < -0.4 is 10.6 Å². The van der Waals surface area contributed by atoms with E-state index < -0.39 is 10.0 Å². The van der Waals surface area contributed by atoms with E-state index in [0.717, 1.165) is 16.7 Å². The Morgan fingerprint density at radius 2 is 1.72 bits per heavy atom. The molecule has 2 N–H and O–H groups in total. The maximum atomic E-state index is 13.0. The zero-order chi connectivity index (χ0) is 25.5. The molecule has 0 spiro atoms. The molecular weight excluding hydrogens is 476 g/mol. The fourth-order valence-corrected chi connectivity index (χ4v) is 5.93. The van der Waals surface area contributed by atoms with E-state index in [1.165, 1.54) is 4.31 Å². The lowest BCUT2D eigenvalue weighted by Crippen LogP contribution is -2.42. The number of nitrogens with one attached hydrogen (secondary N) is 2. The number of carbonyl (C=O) groups is 2. The molecular formula is C27H30N4O4S. The SMILES string of the molecule is Cc1ccccc1CS(=O)(=O)N1CCC(C(=O)Nc2ccccc2C(=O)NCc2cccnc2)CC1. The number of amides is 2. The normalized spacial score (nSPS) is 14.8. The number of sulfonamides is 1. The molecule has 0 aliphatic carbocycles. The van der Waals surface area contributed by atoms with Crippen LogP contribution in [0.2, 0.25) is 0 Å². The van der Waals surface area contributed by atoms with Gasteiger partial charge in [-0.1, -0.05) is 42.5 Å². The van der Waals surface area contributed by atoms with Crippen molar-refractivity contribution in [1.29, 1.82) is 0 Å². The van der Waals surface area contributed by atoms with Crippen molar-refractivity contribution in [2.24, 2.45) is 5.92 Å². The van der Waals surface area contributed by atoms with Crippen LogP contribution >= 0.6 is 0 Å². The molecule has 4 rings (SSSR count). The van der Waals surface area contributed by atoms with E-state index in [4.69, 9.17) is 0 Å². The Bertz CT molecular complexity index is 1320. The van der Waals surface area contributed by atoms with Crippen LogP contribution in [0.4, 0.5) is 5.69 Å². The molecule has 0 atom stereocenters. The topological polar surface area (TPSA) is 108 Å². The second-order valence-corrected chi connectivity index (χ2v) is 10.9. The van der Waals surface area contributed by atoms with E-state index in [2.05, 4.69) is 15.6 Å². The molecule has 3 aromatic rings. The number of rotatable bonds is 8. The number of hydrogen-bond acceptors (Lipinski definition) is 5. The van der Waals surface area contributed by atoms with Gasteiger partial charge >= 0.3 is 0 Å². The Hall–Kier alpha value is -3.56. The molecule has 1 fully saturated rings. The van der Waals surface area contributed by atoms with Gasteiger partial charge in [0.1, 0.15) is 0 Å². The Morgan fingerprint density at radius 1 is 1.00 bits per heavy atom. The smallest absolute Gasteiger partial charge is 0.253 e. The van der Waals surface area contributed by atoms with Gasteiger partial charge in [-0.25, -0.2) is 12.7 Å².